The fourth-order valence-corrected chi connectivity index (χ4v) is 1.40. The van der Waals surface area contributed by atoms with Crippen molar-refractivity contribution >= 4 is 0 Å². The lowest BCUT2D eigenvalue weighted by Crippen LogP contribution is -2.17. The maximum atomic E-state index is 8.69. The SMILES string of the molecule is CCN(C)Cc1ccccc1C#CCCO. The summed E-state index contributed by atoms with van der Waals surface area (Å²) in [5.41, 5.74) is 2.31. The highest BCUT2D eigenvalue weighted by Crippen LogP contribution is 2.09. The standard InChI is InChI=1S/C14H19NO/c1-3-15(2)12-14-10-5-4-8-13(14)9-6-7-11-16/h4-5,8,10,16H,3,7,11-12H2,1-2H3. The summed E-state index contributed by atoms with van der Waals surface area (Å²) in [6, 6.07) is 8.17. The van der Waals surface area contributed by atoms with Crippen molar-refractivity contribution < 1.29 is 5.11 Å². The van der Waals surface area contributed by atoms with Gasteiger partial charge in [-0.25, -0.2) is 0 Å². The minimum Gasteiger partial charge on any atom is -0.395 e. The Kier molecular flexibility index (Phi) is 5.63. The molecule has 0 atom stereocenters. The largest absolute Gasteiger partial charge is 0.395 e. The van der Waals surface area contributed by atoms with Crippen molar-refractivity contribution in [3.8, 4) is 11.8 Å². The van der Waals surface area contributed by atoms with Gasteiger partial charge in [-0.15, -0.1) is 0 Å². The number of aliphatic hydroxyl groups excluding tert-OH is 1. The molecule has 0 radical (unpaired) electrons. The second-order valence-corrected chi connectivity index (χ2v) is 3.76. The maximum absolute atomic E-state index is 8.69. The van der Waals surface area contributed by atoms with E-state index in [1.807, 2.05) is 18.2 Å². The van der Waals surface area contributed by atoms with Crippen LogP contribution in [0.3, 0.4) is 0 Å². The first-order valence-corrected chi connectivity index (χ1v) is 5.64. The monoisotopic (exact) mass is 217 g/mol. The highest BCUT2D eigenvalue weighted by atomic mass is 16.2. The van der Waals surface area contributed by atoms with E-state index in [2.05, 4.69) is 36.8 Å². The van der Waals surface area contributed by atoms with Gasteiger partial charge in [-0.1, -0.05) is 37.0 Å². The van der Waals surface area contributed by atoms with Crippen molar-refractivity contribution in [1.29, 1.82) is 0 Å². The molecule has 0 aliphatic rings. The van der Waals surface area contributed by atoms with Gasteiger partial charge in [0.1, 0.15) is 0 Å². The van der Waals surface area contributed by atoms with Gasteiger partial charge >= 0.3 is 0 Å². The summed E-state index contributed by atoms with van der Waals surface area (Å²) in [7, 11) is 2.10. The summed E-state index contributed by atoms with van der Waals surface area (Å²) in [5.74, 6) is 6.07. The summed E-state index contributed by atoms with van der Waals surface area (Å²) in [5, 5.41) is 8.69. The van der Waals surface area contributed by atoms with Crippen LogP contribution in [0.4, 0.5) is 0 Å². The second-order valence-electron chi connectivity index (χ2n) is 3.76. The highest BCUT2D eigenvalue weighted by Gasteiger charge is 2.01. The number of nitrogens with zero attached hydrogens (tertiary/aromatic N) is 1. The van der Waals surface area contributed by atoms with E-state index in [-0.39, 0.29) is 6.61 Å². The van der Waals surface area contributed by atoms with Gasteiger partial charge in [0, 0.05) is 18.5 Å². The first-order chi connectivity index (χ1) is 7.77. The van der Waals surface area contributed by atoms with Crippen LogP contribution in [0.25, 0.3) is 0 Å². The summed E-state index contributed by atoms with van der Waals surface area (Å²) in [4.78, 5) is 2.24. The van der Waals surface area contributed by atoms with Crippen molar-refractivity contribution in [2.45, 2.75) is 19.9 Å². The summed E-state index contributed by atoms with van der Waals surface area (Å²) >= 11 is 0. The summed E-state index contributed by atoms with van der Waals surface area (Å²) in [6.45, 7) is 4.21. The molecule has 1 aromatic carbocycles. The Morgan fingerprint density at radius 3 is 2.75 bits per heavy atom. The molecule has 16 heavy (non-hydrogen) atoms. The average Bonchev–Trinajstić information content (AvgIpc) is 2.31. The minimum absolute atomic E-state index is 0.129. The van der Waals surface area contributed by atoms with Crippen LogP contribution >= 0.6 is 0 Å². The Hall–Kier alpha value is -1.30. The molecule has 0 heterocycles. The Morgan fingerprint density at radius 2 is 2.06 bits per heavy atom. The fraction of sp³-hybridized carbons (Fsp3) is 0.429. The average molecular weight is 217 g/mol. The van der Waals surface area contributed by atoms with E-state index >= 15 is 0 Å². The number of hydrogen-bond acceptors (Lipinski definition) is 2. The van der Waals surface area contributed by atoms with Gasteiger partial charge < -0.3 is 10.0 Å². The summed E-state index contributed by atoms with van der Waals surface area (Å²) in [6.07, 6.45) is 0.540. The number of benzene rings is 1. The van der Waals surface area contributed by atoms with Crippen molar-refractivity contribution in [1.82, 2.24) is 4.90 Å². The van der Waals surface area contributed by atoms with Gasteiger partial charge in [0.15, 0.2) is 0 Å². The Balaban J connectivity index is 2.80. The molecule has 0 aliphatic carbocycles. The molecule has 1 aromatic rings. The van der Waals surface area contributed by atoms with E-state index < -0.39 is 0 Å². The lowest BCUT2D eigenvalue weighted by Gasteiger charge is -2.14. The molecule has 86 valence electrons. The Morgan fingerprint density at radius 1 is 1.31 bits per heavy atom. The molecule has 2 heteroatoms. The lowest BCUT2D eigenvalue weighted by molar-refractivity contribution is 0.305. The lowest BCUT2D eigenvalue weighted by atomic mass is 10.1. The van der Waals surface area contributed by atoms with Crippen LogP contribution in [0.15, 0.2) is 24.3 Å². The van der Waals surface area contributed by atoms with Crippen LogP contribution in [-0.2, 0) is 6.54 Å². The zero-order valence-electron chi connectivity index (χ0n) is 10.0. The third-order valence-electron chi connectivity index (χ3n) is 2.46. The smallest absolute Gasteiger partial charge is 0.0540 e. The van der Waals surface area contributed by atoms with Crippen LogP contribution in [0.5, 0.6) is 0 Å². The summed E-state index contributed by atoms with van der Waals surface area (Å²) < 4.78 is 0. The molecule has 1 rings (SSSR count). The maximum Gasteiger partial charge on any atom is 0.0540 e. The van der Waals surface area contributed by atoms with Crippen LogP contribution in [0.2, 0.25) is 0 Å². The molecular weight excluding hydrogens is 198 g/mol. The highest BCUT2D eigenvalue weighted by molar-refractivity contribution is 5.41. The van der Waals surface area contributed by atoms with Crippen LogP contribution in [0.1, 0.15) is 24.5 Å². The molecule has 2 nitrogen and oxygen atoms in total. The minimum atomic E-state index is 0.129. The topological polar surface area (TPSA) is 23.5 Å². The van der Waals surface area contributed by atoms with Crippen molar-refractivity contribution in [3.63, 3.8) is 0 Å². The van der Waals surface area contributed by atoms with Crippen molar-refractivity contribution in [2.75, 3.05) is 20.2 Å². The van der Waals surface area contributed by atoms with E-state index in [0.29, 0.717) is 6.42 Å². The number of hydrogen-bond donors (Lipinski definition) is 1. The van der Waals surface area contributed by atoms with E-state index in [0.717, 1.165) is 18.7 Å². The fourth-order valence-electron chi connectivity index (χ4n) is 1.40. The molecule has 0 aliphatic heterocycles. The first-order valence-electron chi connectivity index (χ1n) is 5.64. The molecule has 0 spiro atoms. The molecule has 0 aromatic heterocycles. The van der Waals surface area contributed by atoms with Gasteiger partial charge in [-0.05, 0) is 25.2 Å². The van der Waals surface area contributed by atoms with Gasteiger partial charge in [0.25, 0.3) is 0 Å². The van der Waals surface area contributed by atoms with Gasteiger partial charge in [-0.2, -0.15) is 0 Å². The molecule has 0 bridgehead atoms. The van der Waals surface area contributed by atoms with E-state index in [4.69, 9.17) is 5.11 Å². The second kappa shape index (κ2) is 7.05. The predicted molar refractivity (Wildman–Crippen MR) is 67.0 cm³/mol. The van der Waals surface area contributed by atoms with Crippen LogP contribution < -0.4 is 0 Å². The third-order valence-corrected chi connectivity index (χ3v) is 2.46. The molecule has 1 N–H and O–H groups in total. The molecule has 0 saturated heterocycles. The molecule has 0 amide bonds. The predicted octanol–water partition coefficient (Wildman–Crippen LogP) is 1.87. The molecule has 0 unspecified atom stereocenters. The first kappa shape index (κ1) is 12.8. The molecular formula is C14H19NO. The molecule has 0 fully saturated rings. The quantitative estimate of drug-likeness (QED) is 0.778. The van der Waals surface area contributed by atoms with Gasteiger partial charge in [0.2, 0.25) is 0 Å². The van der Waals surface area contributed by atoms with E-state index in [1.165, 1.54) is 5.56 Å². The van der Waals surface area contributed by atoms with E-state index in [1.54, 1.807) is 0 Å². The zero-order valence-corrected chi connectivity index (χ0v) is 10.0. The van der Waals surface area contributed by atoms with Gasteiger partial charge in [-0.3, -0.25) is 0 Å². The normalized spacial score (nSPS) is 10.0. The zero-order chi connectivity index (χ0) is 11.8. The van der Waals surface area contributed by atoms with E-state index in [9.17, 15) is 0 Å². The Labute approximate surface area is 97.9 Å². The van der Waals surface area contributed by atoms with Crippen molar-refractivity contribution in [2.24, 2.45) is 0 Å². The Bertz CT molecular complexity index is 376. The van der Waals surface area contributed by atoms with Gasteiger partial charge in [0.05, 0.1) is 6.61 Å². The van der Waals surface area contributed by atoms with Crippen LogP contribution in [-0.4, -0.2) is 30.2 Å². The number of aliphatic hydroxyl groups is 1. The van der Waals surface area contributed by atoms with Crippen molar-refractivity contribution in [3.05, 3.63) is 35.4 Å². The number of rotatable bonds is 4. The van der Waals surface area contributed by atoms with Crippen LogP contribution in [0, 0.1) is 11.8 Å². The molecule has 0 saturated carbocycles. The third kappa shape index (κ3) is 4.06.